The van der Waals surface area contributed by atoms with E-state index in [1.165, 1.54) is 25.3 Å². The van der Waals surface area contributed by atoms with Crippen LogP contribution in [0.3, 0.4) is 0 Å². The van der Waals surface area contributed by atoms with E-state index in [1.807, 2.05) is 13.8 Å². The number of nitrogens with one attached hydrogen (secondary N) is 1. The summed E-state index contributed by atoms with van der Waals surface area (Å²) in [4.78, 5) is 23.9. The number of para-hydroxylation sites is 1. The number of esters is 1. The quantitative estimate of drug-likeness (QED) is 0.784. The summed E-state index contributed by atoms with van der Waals surface area (Å²) in [5.41, 5.74) is -0.0747. The summed E-state index contributed by atoms with van der Waals surface area (Å²) in [6.45, 7) is 3.36. The molecule has 2 aromatic rings. The zero-order chi connectivity index (χ0) is 17.7. The number of benzene rings is 1. The van der Waals surface area contributed by atoms with Gasteiger partial charge in [-0.25, -0.2) is 9.48 Å². The van der Waals surface area contributed by atoms with Crippen molar-refractivity contribution in [3.05, 3.63) is 36.0 Å². The van der Waals surface area contributed by atoms with Gasteiger partial charge < -0.3 is 19.9 Å². The number of hydrogen-bond donors (Lipinski definition) is 2. The van der Waals surface area contributed by atoms with Crippen LogP contribution in [0.25, 0.3) is 0 Å². The molecule has 1 heterocycles. The van der Waals surface area contributed by atoms with E-state index < -0.39 is 18.5 Å². The van der Waals surface area contributed by atoms with E-state index in [4.69, 9.17) is 9.47 Å². The van der Waals surface area contributed by atoms with E-state index in [2.05, 4.69) is 10.4 Å². The Hall–Kier alpha value is -3.03. The second-order valence-corrected chi connectivity index (χ2v) is 5.24. The van der Waals surface area contributed by atoms with Gasteiger partial charge in [-0.15, -0.1) is 0 Å². The molecule has 0 radical (unpaired) electrons. The number of methoxy groups -OCH3 is 1. The van der Waals surface area contributed by atoms with E-state index in [9.17, 15) is 14.7 Å². The number of anilines is 1. The number of phenolic OH excluding ortho intramolecular Hbond substituents is 1. The lowest BCUT2D eigenvalue weighted by atomic mass is 10.2. The summed E-state index contributed by atoms with van der Waals surface area (Å²) in [7, 11) is 1.37. The minimum Gasteiger partial charge on any atom is -0.504 e. The predicted octanol–water partition coefficient (Wildman–Crippen LogP) is 1.97. The molecule has 1 aromatic heterocycles. The number of carbonyl (C=O) groups excluding carboxylic acids is 2. The molecule has 0 atom stereocenters. The zero-order valence-electron chi connectivity index (χ0n) is 13.6. The first-order chi connectivity index (χ1) is 11.4. The molecule has 1 aromatic carbocycles. The van der Waals surface area contributed by atoms with Crippen molar-refractivity contribution in [3.8, 4) is 11.5 Å². The van der Waals surface area contributed by atoms with E-state index in [-0.39, 0.29) is 23.1 Å². The Labute approximate surface area is 139 Å². The molecular formula is C16H19N3O5. The van der Waals surface area contributed by atoms with Gasteiger partial charge in [-0.1, -0.05) is 6.07 Å². The minimum atomic E-state index is -0.820. The number of ether oxygens (including phenoxy) is 2. The molecule has 2 rings (SSSR count). The molecule has 128 valence electrons. The van der Waals surface area contributed by atoms with Gasteiger partial charge in [-0.2, -0.15) is 5.10 Å². The van der Waals surface area contributed by atoms with Gasteiger partial charge in [-0.3, -0.25) is 4.79 Å². The Kier molecular flexibility index (Phi) is 5.41. The van der Waals surface area contributed by atoms with Crippen LogP contribution in [0.4, 0.5) is 5.82 Å². The fourth-order valence-corrected chi connectivity index (χ4v) is 2.06. The highest BCUT2D eigenvalue weighted by Crippen LogP contribution is 2.29. The number of carbonyl (C=O) groups is 2. The molecule has 1 amide bonds. The van der Waals surface area contributed by atoms with Crippen molar-refractivity contribution in [1.82, 2.24) is 9.78 Å². The molecule has 0 aliphatic carbocycles. The van der Waals surface area contributed by atoms with Gasteiger partial charge >= 0.3 is 5.97 Å². The third-order valence-corrected chi connectivity index (χ3v) is 3.20. The Balaban J connectivity index is 1.97. The molecule has 24 heavy (non-hydrogen) atoms. The average Bonchev–Trinajstić information content (AvgIpc) is 3.01. The standard InChI is InChI=1S/C16H19N3O5/c1-10(2)19-13(7-8-17-19)18-14(20)9-24-16(22)11-5-4-6-12(23-3)15(11)21/h4-8,10,21H,9H2,1-3H3,(H,18,20). The van der Waals surface area contributed by atoms with E-state index in [0.29, 0.717) is 5.82 Å². The first-order valence-corrected chi connectivity index (χ1v) is 7.30. The van der Waals surface area contributed by atoms with Crippen LogP contribution in [0, 0.1) is 0 Å². The van der Waals surface area contributed by atoms with Gasteiger partial charge in [0.25, 0.3) is 5.91 Å². The van der Waals surface area contributed by atoms with Crippen LogP contribution in [0.2, 0.25) is 0 Å². The SMILES string of the molecule is COc1cccc(C(=O)OCC(=O)Nc2ccnn2C(C)C)c1O. The fraction of sp³-hybridized carbons (Fsp3) is 0.312. The topological polar surface area (TPSA) is 103 Å². The highest BCUT2D eigenvalue weighted by Gasteiger charge is 2.18. The molecule has 0 aliphatic rings. The molecule has 0 spiro atoms. The first-order valence-electron chi connectivity index (χ1n) is 7.30. The van der Waals surface area contributed by atoms with Gasteiger partial charge in [-0.05, 0) is 26.0 Å². The predicted molar refractivity (Wildman–Crippen MR) is 86.2 cm³/mol. The van der Waals surface area contributed by atoms with Crippen LogP contribution < -0.4 is 10.1 Å². The maximum Gasteiger partial charge on any atom is 0.342 e. The largest absolute Gasteiger partial charge is 0.504 e. The third kappa shape index (κ3) is 3.83. The number of hydrogen-bond acceptors (Lipinski definition) is 6. The number of phenols is 1. The lowest BCUT2D eigenvalue weighted by Gasteiger charge is -2.12. The van der Waals surface area contributed by atoms with E-state index in [1.54, 1.807) is 16.9 Å². The normalized spacial score (nSPS) is 10.5. The second-order valence-electron chi connectivity index (χ2n) is 5.24. The maximum atomic E-state index is 12.0. The van der Waals surface area contributed by atoms with Crippen molar-refractivity contribution in [3.63, 3.8) is 0 Å². The van der Waals surface area contributed by atoms with Gasteiger partial charge in [0, 0.05) is 12.1 Å². The van der Waals surface area contributed by atoms with E-state index in [0.717, 1.165) is 0 Å². The summed E-state index contributed by atoms with van der Waals surface area (Å²) in [5, 5.41) is 16.6. The van der Waals surface area contributed by atoms with Gasteiger partial charge in [0.15, 0.2) is 18.1 Å². The lowest BCUT2D eigenvalue weighted by Crippen LogP contribution is -2.23. The molecule has 0 saturated heterocycles. The third-order valence-electron chi connectivity index (χ3n) is 3.20. The summed E-state index contributed by atoms with van der Waals surface area (Å²) >= 11 is 0. The van der Waals surface area contributed by atoms with Crippen LogP contribution in [0.5, 0.6) is 11.5 Å². The molecule has 0 unspecified atom stereocenters. The molecule has 8 nitrogen and oxygen atoms in total. The van der Waals surface area contributed by atoms with Crippen LogP contribution >= 0.6 is 0 Å². The van der Waals surface area contributed by atoms with Crippen molar-refractivity contribution in [2.24, 2.45) is 0 Å². The Morgan fingerprint density at radius 1 is 1.33 bits per heavy atom. The molecule has 0 aliphatic heterocycles. The molecule has 0 saturated carbocycles. The summed E-state index contributed by atoms with van der Waals surface area (Å²) in [6, 6.07) is 6.15. The summed E-state index contributed by atoms with van der Waals surface area (Å²) in [6.07, 6.45) is 1.57. The highest BCUT2D eigenvalue weighted by atomic mass is 16.5. The second kappa shape index (κ2) is 7.49. The molecule has 2 N–H and O–H groups in total. The van der Waals surface area contributed by atoms with Crippen molar-refractivity contribution < 1.29 is 24.2 Å². The number of aromatic hydroxyl groups is 1. The minimum absolute atomic E-state index is 0.0747. The molecule has 0 bridgehead atoms. The highest BCUT2D eigenvalue weighted by molar-refractivity contribution is 5.96. The van der Waals surface area contributed by atoms with Gasteiger partial charge in [0.1, 0.15) is 11.4 Å². The van der Waals surface area contributed by atoms with Gasteiger partial charge in [0.05, 0.1) is 13.3 Å². The molecular weight excluding hydrogens is 314 g/mol. The van der Waals surface area contributed by atoms with Crippen molar-refractivity contribution in [1.29, 1.82) is 0 Å². The van der Waals surface area contributed by atoms with E-state index >= 15 is 0 Å². The van der Waals surface area contributed by atoms with Crippen molar-refractivity contribution in [2.45, 2.75) is 19.9 Å². The number of amides is 1. The van der Waals surface area contributed by atoms with Crippen LogP contribution in [-0.4, -0.2) is 40.5 Å². The van der Waals surface area contributed by atoms with Crippen LogP contribution in [-0.2, 0) is 9.53 Å². The lowest BCUT2D eigenvalue weighted by molar-refractivity contribution is -0.119. The smallest absolute Gasteiger partial charge is 0.342 e. The first kappa shape index (κ1) is 17.3. The number of nitrogens with zero attached hydrogens (tertiary/aromatic N) is 2. The van der Waals surface area contributed by atoms with Crippen molar-refractivity contribution in [2.75, 3.05) is 19.0 Å². The Bertz CT molecular complexity index is 739. The monoisotopic (exact) mass is 333 g/mol. The van der Waals surface area contributed by atoms with Crippen LogP contribution in [0.15, 0.2) is 30.5 Å². The Morgan fingerprint density at radius 2 is 2.08 bits per heavy atom. The Morgan fingerprint density at radius 3 is 2.75 bits per heavy atom. The van der Waals surface area contributed by atoms with Crippen LogP contribution in [0.1, 0.15) is 30.2 Å². The maximum absolute atomic E-state index is 12.0. The zero-order valence-corrected chi connectivity index (χ0v) is 13.6. The van der Waals surface area contributed by atoms with Gasteiger partial charge in [0.2, 0.25) is 0 Å². The number of rotatable bonds is 6. The average molecular weight is 333 g/mol. The number of aromatic nitrogens is 2. The summed E-state index contributed by atoms with van der Waals surface area (Å²) in [5.74, 6) is -1.000. The molecule has 8 heteroatoms. The summed E-state index contributed by atoms with van der Waals surface area (Å²) < 4.78 is 11.5. The van der Waals surface area contributed by atoms with Crippen molar-refractivity contribution >= 4 is 17.7 Å². The molecule has 0 fully saturated rings. The fourth-order valence-electron chi connectivity index (χ4n) is 2.06.